The molecule has 0 aliphatic carbocycles. The van der Waals surface area contributed by atoms with Gasteiger partial charge in [-0.05, 0) is 30.4 Å². The van der Waals surface area contributed by atoms with Crippen LogP contribution < -0.4 is 16.4 Å². The Hall–Kier alpha value is -2.59. The highest BCUT2D eigenvalue weighted by Gasteiger charge is 2.28. The van der Waals surface area contributed by atoms with Crippen LogP contribution in [0.25, 0.3) is 0 Å². The Morgan fingerprint density at radius 1 is 1.00 bits per heavy atom. The lowest BCUT2D eigenvalue weighted by Crippen LogP contribution is -2.55. The Bertz CT molecular complexity index is 700. The molecule has 0 aliphatic rings. The minimum absolute atomic E-state index is 0.0771. The van der Waals surface area contributed by atoms with Gasteiger partial charge in [-0.25, -0.2) is 4.79 Å². The molecule has 6 N–H and O–H groups in total. The standard InChI is InChI=1S/C19H27N3O6S/c1-29-10-9-14(19(27)28)21-18(26)15(11-12-5-3-2-4-6-12)22-17(25)13(20)7-8-16(23)24/h2-6,13-15H,7-11,20H2,1H3,(H,21,26)(H,22,25)(H,23,24)(H,27,28)/t13-,14-,15-/m0/s1. The molecule has 0 aliphatic heterocycles. The van der Waals surface area contributed by atoms with Crippen LogP contribution in [0, 0.1) is 0 Å². The van der Waals surface area contributed by atoms with Crippen molar-refractivity contribution in [3.63, 3.8) is 0 Å². The van der Waals surface area contributed by atoms with Crippen LogP contribution in [0.4, 0.5) is 0 Å². The molecule has 0 spiro atoms. The Kier molecular flexibility index (Phi) is 10.8. The maximum Gasteiger partial charge on any atom is 0.326 e. The summed E-state index contributed by atoms with van der Waals surface area (Å²) in [4.78, 5) is 47.1. The fourth-order valence-corrected chi connectivity index (χ4v) is 2.98. The monoisotopic (exact) mass is 425 g/mol. The van der Waals surface area contributed by atoms with Crippen molar-refractivity contribution in [1.82, 2.24) is 10.6 Å². The van der Waals surface area contributed by atoms with Gasteiger partial charge in [0.25, 0.3) is 0 Å². The second-order valence-corrected chi connectivity index (χ2v) is 7.46. The first-order chi connectivity index (χ1) is 13.7. The van der Waals surface area contributed by atoms with E-state index < -0.39 is 41.9 Å². The van der Waals surface area contributed by atoms with Crippen molar-refractivity contribution < 1.29 is 29.4 Å². The quantitative estimate of drug-likeness (QED) is 0.300. The number of aliphatic carboxylic acids is 2. The zero-order valence-corrected chi connectivity index (χ0v) is 17.0. The summed E-state index contributed by atoms with van der Waals surface area (Å²) in [6, 6.07) is 5.71. The van der Waals surface area contributed by atoms with Crippen molar-refractivity contribution in [1.29, 1.82) is 0 Å². The maximum atomic E-state index is 12.7. The van der Waals surface area contributed by atoms with E-state index in [1.165, 1.54) is 11.8 Å². The molecule has 29 heavy (non-hydrogen) atoms. The van der Waals surface area contributed by atoms with Crippen LogP contribution in [0.15, 0.2) is 30.3 Å². The third-order valence-corrected chi connectivity index (χ3v) is 4.79. The SMILES string of the molecule is CSCC[C@H](NC(=O)[C@H](Cc1ccccc1)NC(=O)[C@@H](N)CCC(=O)O)C(=O)O. The van der Waals surface area contributed by atoms with Crippen molar-refractivity contribution in [2.24, 2.45) is 5.73 Å². The number of thioether (sulfide) groups is 1. The summed E-state index contributed by atoms with van der Waals surface area (Å²) in [6.07, 6.45) is 1.86. The molecule has 0 saturated heterocycles. The van der Waals surface area contributed by atoms with Gasteiger partial charge in [0.1, 0.15) is 12.1 Å². The summed E-state index contributed by atoms with van der Waals surface area (Å²) in [5.41, 5.74) is 6.49. The minimum Gasteiger partial charge on any atom is -0.481 e. The number of nitrogens with two attached hydrogens (primary N) is 1. The number of carbonyl (C=O) groups excluding carboxylic acids is 2. The number of rotatable bonds is 13. The first-order valence-electron chi connectivity index (χ1n) is 9.08. The van der Waals surface area contributed by atoms with Crippen molar-refractivity contribution >= 4 is 35.5 Å². The average Bonchev–Trinajstić information content (AvgIpc) is 2.68. The van der Waals surface area contributed by atoms with E-state index >= 15 is 0 Å². The van der Waals surface area contributed by atoms with Crippen molar-refractivity contribution in [2.75, 3.05) is 12.0 Å². The molecule has 0 bridgehead atoms. The third kappa shape index (κ3) is 9.44. The molecule has 0 aromatic heterocycles. The number of carboxylic acid groups (broad SMARTS) is 2. The Balaban J connectivity index is 2.88. The average molecular weight is 426 g/mol. The summed E-state index contributed by atoms with van der Waals surface area (Å²) in [5, 5.41) is 23.0. The Labute approximate surface area is 173 Å². The number of amides is 2. The smallest absolute Gasteiger partial charge is 0.326 e. The van der Waals surface area contributed by atoms with Crippen LogP contribution in [-0.4, -0.2) is 64.1 Å². The molecule has 0 fully saturated rings. The Morgan fingerprint density at radius 2 is 1.62 bits per heavy atom. The molecule has 10 heteroatoms. The molecule has 1 aromatic rings. The third-order valence-electron chi connectivity index (χ3n) is 4.15. The summed E-state index contributed by atoms with van der Waals surface area (Å²) >= 11 is 1.46. The van der Waals surface area contributed by atoms with E-state index in [1.807, 2.05) is 12.3 Å². The summed E-state index contributed by atoms with van der Waals surface area (Å²) < 4.78 is 0. The lowest BCUT2D eigenvalue weighted by atomic mass is 10.0. The molecule has 0 saturated carbocycles. The predicted molar refractivity (Wildman–Crippen MR) is 109 cm³/mol. The lowest BCUT2D eigenvalue weighted by molar-refractivity contribution is -0.142. The van der Waals surface area contributed by atoms with E-state index in [1.54, 1.807) is 24.3 Å². The first kappa shape index (κ1) is 24.4. The van der Waals surface area contributed by atoms with Gasteiger partial charge in [-0.1, -0.05) is 30.3 Å². The lowest BCUT2D eigenvalue weighted by Gasteiger charge is -2.23. The van der Waals surface area contributed by atoms with E-state index in [0.29, 0.717) is 5.75 Å². The Morgan fingerprint density at radius 3 is 2.17 bits per heavy atom. The normalized spacial score (nSPS) is 13.7. The molecule has 160 valence electrons. The highest BCUT2D eigenvalue weighted by Crippen LogP contribution is 2.07. The van der Waals surface area contributed by atoms with E-state index in [9.17, 15) is 24.3 Å². The summed E-state index contributed by atoms with van der Waals surface area (Å²) in [5.74, 6) is -2.99. The molecule has 0 unspecified atom stereocenters. The molecule has 9 nitrogen and oxygen atoms in total. The van der Waals surface area contributed by atoms with Crippen molar-refractivity contribution in [3.05, 3.63) is 35.9 Å². The van der Waals surface area contributed by atoms with Crippen LogP contribution >= 0.6 is 11.8 Å². The largest absolute Gasteiger partial charge is 0.481 e. The first-order valence-corrected chi connectivity index (χ1v) is 10.5. The number of nitrogens with one attached hydrogen (secondary N) is 2. The van der Waals surface area contributed by atoms with Gasteiger partial charge in [0.05, 0.1) is 6.04 Å². The predicted octanol–water partition coefficient (Wildman–Crippen LogP) is 0.229. The number of carbonyl (C=O) groups is 4. The van der Waals surface area contributed by atoms with Crippen LogP contribution in [0.2, 0.25) is 0 Å². The molecule has 1 rings (SSSR count). The van der Waals surface area contributed by atoms with Gasteiger partial charge in [-0.3, -0.25) is 14.4 Å². The zero-order chi connectivity index (χ0) is 21.8. The number of hydrogen-bond acceptors (Lipinski definition) is 6. The van der Waals surface area contributed by atoms with Gasteiger partial charge in [0, 0.05) is 12.8 Å². The van der Waals surface area contributed by atoms with E-state index in [0.717, 1.165) is 5.56 Å². The second kappa shape index (κ2) is 12.8. The summed E-state index contributed by atoms with van der Waals surface area (Å²) in [7, 11) is 0. The van der Waals surface area contributed by atoms with E-state index in [4.69, 9.17) is 10.8 Å². The minimum atomic E-state index is -1.16. The van der Waals surface area contributed by atoms with Crippen molar-refractivity contribution in [3.8, 4) is 0 Å². The van der Waals surface area contributed by atoms with Gasteiger partial charge in [-0.2, -0.15) is 11.8 Å². The van der Waals surface area contributed by atoms with Crippen LogP contribution in [0.5, 0.6) is 0 Å². The number of benzene rings is 1. The number of hydrogen-bond donors (Lipinski definition) is 5. The highest BCUT2D eigenvalue weighted by molar-refractivity contribution is 7.98. The van der Waals surface area contributed by atoms with Gasteiger partial charge >= 0.3 is 11.9 Å². The van der Waals surface area contributed by atoms with Crippen LogP contribution in [-0.2, 0) is 25.6 Å². The molecule has 2 amide bonds. The fraction of sp³-hybridized carbons (Fsp3) is 0.474. The van der Waals surface area contributed by atoms with Gasteiger partial charge in [0.15, 0.2) is 0 Å². The molecule has 1 aromatic carbocycles. The van der Waals surface area contributed by atoms with E-state index in [-0.39, 0.29) is 25.7 Å². The molecule has 3 atom stereocenters. The highest BCUT2D eigenvalue weighted by atomic mass is 32.2. The van der Waals surface area contributed by atoms with Crippen LogP contribution in [0.3, 0.4) is 0 Å². The summed E-state index contributed by atoms with van der Waals surface area (Å²) in [6.45, 7) is 0. The zero-order valence-electron chi connectivity index (χ0n) is 16.2. The van der Waals surface area contributed by atoms with Crippen molar-refractivity contribution in [2.45, 2.75) is 43.8 Å². The molecule has 0 heterocycles. The van der Waals surface area contributed by atoms with Crippen LogP contribution in [0.1, 0.15) is 24.8 Å². The van der Waals surface area contributed by atoms with Gasteiger partial charge in [0.2, 0.25) is 11.8 Å². The van der Waals surface area contributed by atoms with E-state index in [2.05, 4.69) is 10.6 Å². The topological polar surface area (TPSA) is 159 Å². The molecular formula is C19H27N3O6S. The maximum absolute atomic E-state index is 12.7. The number of carboxylic acids is 2. The molecule has 0 radical (unpaired) electrons. The van der Waals surface area contributed by atoms with Gasteiger partial charge < -0.3 is 26.6 Å². The van der Waals surface area contributed by atoms with Gasteiger partial charge in [-0.15, -0.1) is 0 Å². The second-order valence-electron chi connectivity index (χ2n) is 6.47. The fourth-order valence-electron chi connectivity index (χ4n) is 2.51. The molecular weight excluding hydrogens is 398 g/mol.